The molecule has 2 aliphatic heterocycles. The van der Waals surface area contributed by atoms with Crippen LogP contribution in [0.5, 0.6) is 0 Å². The number of piperidine rings is 2. The van der Waals surface area contributed by atoms with Crippen molar-refractivity contribution in [2.24, 2.45) is 17.3 Å². The molecule has 1 amide bonds. The summed E-state index contributed by atoms with van der Waals surface area (Å²) in [5.41, 5.74) is 0.532. The van der Waals surface area contributed by atoms with Crippen molar-refractivity contribution >= 4 is 5.91 Å². The molecular formula is C28H54N2O. The molecule has 31 heavy (non-hydrogen) atoms. The van der Waals surface area contributed by atoms with E-state index in [1.54, 1.807) is 0 Å². The van der Waals surface area contributed by atoms with Crippen molar-refractivity contribution in [3.63, 3.8) is 0 Å². The molecule has 2 atom stereocenters. The lowest BCUT2D eigenvalue weighted by Crippen LogP contribution is -2.49. The topological polar surface area (TPSA) is 23.6 Å². The Labute approximate surface area is 194 Å². The van der Waals surface area contributed by atoms with E-state index in [9.17, 15) is 4.79 Å². The largest absolute Gasteiger partial charge is 0.342 e. The van der Waals surface area contributed by atoms with Crippen molar-refractivity contribution in [3.8, 4) is 0 Å². The highest BCUT2D eigenvalue weighted by molar-refractivity contribution is 5.78. The second-order valence-corrected chi connectivity index (χ2v) is 11.0. The lowest BCUT2D eigenvalue weighted by molar-refractivity contribution is -0.138. The van der Waals surface area contributed by atoms with Crippen LogP contribution in [0.4, 0.5) is 0 Å². The third-order valence-corrected chi connectivity index (χ3v) is 8.59. The molecule has 2 rings (SSSR count). The van der Waals surface area contributed by atoms with E-state index in [4.69, 9.17) is 0 Å². The van der Waals surface area contributed by atoms with Crippen LogP contribution < -0.4 is 0 Å². The molecule has 2 saturated heterocycles. The summed E-state index contributed by atoms with van der Waals surface area (Å²) in [5.74, 6) is 1.60. The average molecular weight is 435 g/mol. The van der Waals surface area contributed by atoms with Gasteiger partial charge >= 0.3 is 0 Å². The minimum atomic E-state index is 0.219. The van der Waals surface area contributed by atoms with E-state index in [1.165, 1.54) is 110 Å². The highest BCUT2D eigenvalue weighted by atomic mass is 16.2. The summed E-state index contributed by atoms with van der Waals surface area (Å²) in [6.07, 6.45) is 19.7. The normalized spacial score (nSPS) is 21.4. The smallest absolute Gasteiger partial charge is 0.225 e. The van der Waals surface area contributed by atoms with Gasteiger partial charge < -0.3 is 9.80 Å². The third-order valence-electron chi connectivity index (χ3n) is 8.59. The van der Waals surface area contributed by atoms with Gasteiger partial charge in [0.15, 0.2) is 0 Å². The first-order chi connectivity index (χ1) is 15.0. The van der Waals surface area contributed by atoms with Crippen LogP contribution in [0.25, 0.3) is 0 Å². The van der Waals surface area contributed by atoms with E-state index < -0.39 is 0 Å². The van der Waals surface area contributed by atoms with Gasteiger partial charge in [0.05, 0.1) is 0 Å². The molecule has 0 aromatic carbocycles. The summed E-state index contributed by atoms with van der Waals surface area (Å²) in [6.45, 7) is 15.0. The SMILES string of the molecule is CCCCCCC(C)C(=O)N1CCC2(CCN(CCCC(CC)CCCC)CC2)CC1. The number of amides is 1. The molecule has 2 fully saturated rings. The minimum absolute atomic E-state index is 0.219. The van der Waals surface area contributed by atoms with Crippen LogP contribution in [0, 0.1) is 17.3 Å². The van der Waals surface area contributed by atoms with Crippen LogP contribution in [0.1, 0.15) is 124 Å². The van der Waals surface area contributed by atoms with Gasteiger partial charge in [0, 0.05) is 19.0 Å². The lowest BCUT2D eigenvalue weighted by atomic mass is 9.71. The summed E-state index contributed by atoms with van der Waals surface area (Å²) >= 11 is 0. The van der Waals surface area contributed by atoms with Crippen LogP contribution in [0.2, 0.25) is 0 Å². The van der Waals surface area contributed by atoms with Crippen LogP contribution in [-0.2, 0) is 4.79 Å². The van der Waals surface area contributed by atoms with Gasteiger partial charge in [-0.15, -0.1) is 0 Å². The average Bonchev–Trinajstić information content (AvgIpc) is 2.80. The van der Waals surface area contributed by atoms with Gasteiger partial charge in [0.2, 0.25) is 5.91 Å². The Morgan fingerprint density at radius 2 is 1.39 bits per heavy atom. The Hall–Kier alpha value is -0.570. The molecule has 3 nitrogen and oxygen atoms in total. The third kappa shape index (κ3) is 9.06. The fourth-order valence-corrected chi connectivity index (χ4v) is 5.91. The van der Waals surface area contributed by atoms with Crippen molar-refractivity contribution < 1.29 is 4.79 Å². The van der Waals surface area contributed by atoms with Gasteiger partial charge in [-0.05, 0) is 75.9 Å². The molecular weight excluding hydrogens is 380 g/mol. The van der Waals surface area contributed by atoms with E-state index in [1.807, 2.05) is 0 Å². The standard InChI is InChI=1S/C28H54N2O/c1-5-8-10-11-13-25(4)27(31)30-23-18-28(19-24-30)16-21-29(22-17-28)20-12-15-26(7-3)14-9-6-2/h25-26H,5-24H2,1-4H3. The molecule has 2 heterocycles. The van der Waals surface area contributed by atoms with Gasteiger partial charge in [-0.3, -0.25) is 4.79 Å². The fraction of sp³-hybridized carbons (Fsp3) is 0.964. The summed E-state index contributed by atoms with van der Waals surface area (Å²) < 4.78 is 0. The predicted molar refractivity (Wildman–Crippen MR) is 134 cm³/mol. The first-order valence-electron chi connectivity index (χ1n) is 14.0. The van der Waals surface area contributed by atoms with E-state index in [0.29, 0.717) is 11.3 Å². The summed E-state index contributed by atoms with van der Waals surface area (Å²) in [6, 6.07) is 0. The molecule has 0 N–H and O–H groups in total. The molecule has 0 aliphatic carbocycles. The first kappa shape index (κ1) is 26.7. The number of unbranched alkanes of at least 4 members (excludes halogenated alkanes) is 4. The van der Waals surface area contributed by atoms with E-state index in [2.05, 4.69) is 37.5 Å². The lowest BCUT2D eigenvalue weighted by Gasteiger charge is -2.47. The zero-order valence-corrected chi connectivity index (χ0v) is 21.6. The molecule has 1 spiro atoms. The van der Waals surface area contributed by atoms with Gasteiger partial charge in [-0.1, -0.05) is 79.1 Å². The number of carbonyl (C=O) groups excluding carboxylic acids is 1. The van der Waals surface area contributed by atoms with Gasteiger partial charge in [-0.2, -0.15) is 0 Å². The minimum Gasteiger partial charge on any atom is -0.342 e. The number of carbonyl (C=O) groups is 1. The van der Waals surface area contributed by atoms with Crippen molar-refractivity contribution in [3.05, 3.63) is 0 Å². The van der Waals surface area contributed by atoms with Crippen LogP contribution in [-0.4, -0.2) is 48.4 Å². The Morgan fingerprint density at radius 3 is 2.00 bits per heavy atom. The molecule has 3 heteroatoms. The molecule has 0 aromatic rings. The molecule has 0 radical (unpaired) electrons. The van der Waals surface area contributed by atoms with E-state index >= 15 is 0 Å². The van der Waals surface area contributed by atoms with E-state index in [-0.39, 0.29) is 5.92 Å². The Kier molecular flexibility index (Phi) is 12.5. The molecule has 2 aliphatic rings. The van der Waals surface area contributed by atoms with E-state index in [0.717, 1.165) is 25.4 Å². The van der Waals surface area contributed by atoms with Crippen molar-refractivity contribution in [1.29, 1.82) is 0 Å². The van der Waals surface area contributed by atoms with Gasteiger partial charge in [0.25, 0.3) is 0 Å². The number of rotatable bonds is 14. The number of hydrogen-bond acceptors (Lipinski definition) is 2. The molecule has 0 saturated carbocycles. The Balaban J connectivity index is 1.63. The zero-order chi connectivity index (χ0) is 22.5. The monoisotopic (exact) mass is 434 g/mol. The number of nitrogens with zero attached hydrogens (tertiary/aromatic N) is 2. The summed E-state index contributed by atoms with van der Waals surface area (Å²) in [5, 5.41) is 0. The van der Waals surface area contributed by atoms with Crippen LogP contribution >= 0.6 is 0 Å². The number of hydrogen-bond donors (Lipinski definition) is 0. The highest BCUT2D eigenvalue weighted by Gasteiger charge is 2.38. The Bertz CT molecular complexity index is 473. The maximum Gasteiger partial charge on any atom is 0.225 e. The maximum absolute atomic E-state index is 12.9. The Morgan fingerprint density at radius 1 is 0.774 bits per heavy atom. The molecule has 182 valence electrons. The fourth-order valence-electron chi connectivity index (χ4n) is 5.91. The molecule has 2 unspecified atom stereocenters. The summed E-state index contributed by atoms with van der Waals surface area (Å²) in [4.78, 5) is 17.8. The maximum atomic E-state index is 12.9. The van der Waals surface area contributed by atoms with Crippen LogP contribution in [0.3, 0.4) is 0 Å². The van der Waals surface area contributed by atoms with Crippen molar-refractivity contribution in [1.82, 2.24) is 9.80 Å². The second-order valence-electron chi connectivity index (χ2n) is 11.0. The number of likely N-dealkylation sites (tertiary alicyclic amines) is 2. The zero-order valence-electron chi connectivity index (χ0n) is 21.6. The van der Waals surface area contributed by atoms with Gasteiger partial charge in [-0.25, -0.2) is 0 Å². The first-order valence-corrected chi connectivity index (χ1v) is 14.0. The van der Waals surface area contributed by atoms with Crippen molar-refractivity contribution in [2.45, 2.75) is 124 Å². The summed E-state index contributed by atoms with van der Waals surface area (Å²) in [7, 11) is 0. The van der Waals surface area contributed by atoms with Crippen LogP contribution in [0.15, 0.2) is 0 Å². The highest BCUT2D eigenvalue weighted by Crippen LogP contribution is 2.41. The molecule has 0 bridgehead atoms. The predicted octanol–water partition coefficient (Wildman–Crippen LogP) is 7.29. The second kappa shape index (κ2) is 14.6. The van der Waals surface area contributed by atoms with Crippen molar-refractivity contribution in [2.75, 3.05) is 32.7 Å². The quantitative estimate of drug-likeness (QED) is 0.268. The van der Waals surface area contributed by atoms with Gasteiger partial charge in [0.1, 0.15) is 0 Å². The molecule has 0 aromatic heterocycles.